The van der Waals surface area contributed by atoms with Crippen molar-refractivity contribution in [2.75, 3.05) is 37.0 Å². The van der Waals surface area contributed by atoms with Crippen molar-refractivity contribution >= 4 is 11.6 Å². The minimum atomic E-state index is 0.510. The van der Waals surface area contributed by atoms with Crippen LogP contribution in [-0.2, 0) is 11.2 Å². The zero-order valence-corrected chi connectivity index (χ0v) is 13.8. The molecule has 0 aliphatic carbocycles. The van der Waals surface area contributed by atoms with Gasteiger partial charge >= 0.3 is 0 Å². The maximum absolute atomic E-state index is 5.47. The van der Waals surface area contributed by atoms with E-state index in [0.717, 1.165) is 68.5 Å². The van der Waals surface area contributed by atoms with Gasteiger partial charge in [-0.2, -0.15) is 0 Å². The first-order chi connectivity index (χ1) is 10.2. The van der Waals surface area contributed by atoms with E-state index < -0.39 is 0 Å². The van der Waals surface area contributed by atoms with Crippen LogP contribution < -0.4 is 10.2 Å². The highest BCUT2D eigenvalue weighted by Crippen LogP contribution is 2.27. The molecule has 5 heteroatoms. The molecule has 1 aliphatic rings. The zero-order valence-electron chi connectivity index (χ0n) is 13.8. The van der Waals surface area contributed by atoms with Gasteiger partial charge in [0.2, 0.25) is 0 Å². The van der Waals surface area contributed by atoms with Crippen molar-refractivity contribution in [3.63, 3.8) is 0 Å². The number of aryl methyl sites for hydroxylation is 1. The molecule has 21 heavy (non-hydrogen) atoms. The molecule has 5 nitrogen and oxygen atoms in total. The third-order valence-corrected chi connectivity index (χ3v) is 4.06. The normalized spacial score (nSPS) is 16.0. The molecule has 0 unspecified atom stereocenters. The maximum atomic E-state index is 5.47. The molecule has 2 rings (SSSR count). The van der Waals surface area contributed by atoms with E-state index in [1.165, 1.54) is 0 Å². The highest BCUT2D eigenvalue weighted by Gasteiger charge is 2.22. The monoisotopic (exact) mass is 292 g/mol. The van der Waals surface area contributed by atoms with Gasteiger partial charge in [-0.3, -0.25) is 0 Å². The molecule has 0 spiro atoms. The highest BCUT2D eigenvalue weighted by atomic mass is 16.5. The SMILES string of the molecule is CCCc1nc(NCC)c(C)c(N(C)C2CCOCC2)n1. The van der Waals surface area contributed by atoms with Gasteiger partial charge in [0.25, 0.3) is 0 Å². The van der Waals surface area contributed by atoms with Gasteiger partial charge in [0.15, 0.2) is 0 Å². The number of nitrogens with one attached hydrogen (secondary N) is 1. The number of anilines is 2. The van der Waals surface area contributed by atoms with E-state index in [9.17, 15) is 0 Å². The molecule has 1 aromatic rings. The molecule has 1 N–H and O–H groups in total. The summed E-state index contributed by atoms with van der Waals surface area (Å²) in [6, 6.07) is 0.510. The summed E-state index contributed by atoms with van der Waals surface area (Å²) in [5.74, 6) is 2.98. The molecule has 2 heterocycles. The molecule has 0 radical (unpaired) electrons. The van der Waals surface area contributed by atoms with Crippen LogP contribution in [0.15, 0.2) is 0 Å². The smallest absolute Gasteiger partial charge is 0.137 e. The van der Waals surface area contributed by atoms with Gasteiger partial charge in [-0.1, -0.05) is 6.92 Å². The lowest BCUT2D eigenvalue weighted by Gasteiger charge is -2.33. The molecule has 1 aromatic heterocycles. The predicted molar refractivity (Wildman–Crippen MR) is 87.2 cm³/mol. The van der Waals surface area contributed by atoms with Crippen LogP contribution in [0, 0.1) is 6.92 Å². The predicted octanol–water partition coefficient (Wildman–Crippen LogP) is 2.78. The maximum Gasteiger partial charge on any atom is 0.137 e. The first-order valence-electron chi connectivity index (χ1n) is 8.09. The lowest BCUT2D eigenvalue weighted by molar-refractivity contribution is 0.0853. The molecule has 1 fully saturated rings. The Hall–Kier alpha value is -1.36. The lowest BCUT2D eigenvalue weighted by atomic mass is 10.1. The summed E-state index contributed by atoms with van der Waals surface area (Å²) in [6.07, 6.45) is 4.13. The zero-order chi connectivity index (χ0) is 15.2. The third-order valence-electron chi connectivity index (χ3n) is 4.06. The molecule has 0 atom stereocenters. The summed E-state index contributed by atoms with van der Waals surface area (Å²) in [6.45, 7) is 8.95. The Labute approximate surface area is 128 Å². The van der Waals surface area contributed by atoms with Crippen molar-refractivity contribution in [1.82, 2.24) is 9.97 Å². The van der Waals surface area contributed by atoms with Gasteiger partial charge in [-0.05, 0) is 33.1 Å². The lowest BCUT2D eigenvalue weighted by Crippen LogP contribution is -2.37. The summed E-state index contributed by atoms with van der Waals surface area (Å²) < 4.78 is 5.47. The second kappa shape index (κ2) is 7.59. The van der Waals surface area contributed by atoms with Crippen LogP contribution in [0.25, 0.3) is 0 Å². The molecule has 0 aromatic carbocycles. The van der Waals surface area contributed by atoms with Crippen LogP contribution >= 0.6 is 0 Å². The van der Waals surface area contributed by atoms with Crippen molar-refractivity contribution < 1.29 is 4.74 Å². The standard InChI is InChI=1S/C16H28N4O/c1-5-7-14-18-15(17-6-2)12(3)16(19-14)20(4)13-8-10-21-11-9-13/h13H,5-11H2,1-4H3,(H,17,18,19). The quantitative estimate of drug-likeness (QED) is 0.873. The Morgan fingerprint density at radius 3 is 2.57 bits per heavy atom. The van der Waals surface area contributed by atoms with Crippen LogP contribution in [0.4, 0.5) is 11.6 Å². The van der Waals surface area contributed by atoms with Crippen LogP contribution in [0.3, 0.4) is 0 Å². The fourth-order valence-corrected chi connectivity index (χ4v) is 2.81. The summed E-state index contributed by atoms with van der Waals surface area (Å²) in [5.41, 5.74) is 1.14. The molecule has 1 saturated heterocycles. The van der Waals surface area contributed by atoms with Crippen LogP contribution in [0.2, 0.25) is 0 Å². The second-order valence-corrected chi connectivity index (χ2v) is 5.67. The Morgan fingerprint density at radius 2 is 1.95 bits per heavy atom. The highest BCUT2D eigenvalue weighted by molar-refractivity contribution is 5.58. The molecule has 0 saturated carbocycles. The molecule has 1 aliphatic heterocycles. The average Bonchev–Trinajstić information content (AvgIpc) is 2.51. The first-order valence-corrected chi connectivity index (χ1v) is 8.09. The Kier molecular flexibility index (Phi) is 5.79. The summed E-state index contributed by atoms with van der Waals surface area (Å²) >= 11 is 0. The van der Waals surface area contributed by atoms with Crippen molar-refractivity contribution in [2.45, 2.75) is 52.5 Å². The van der Waals surface area contributed by atoms with E-state index in [-0.39, 0.29) is 0 Å². The molecular weight excluding hydrogens is 264 g/mol. The van der Waals surface area contributed by atoms with Gasteiger partial charge in [0.1, 0.15) is 17.5 Å². The second-order valence-electron chi connectivity index (χ2n) is 5.67. The van der Waals surface area contributed by atoms with Crippen LogP contribution in [0.5, 0.6) is 0 Å². The Morgan fingerprint density at radius 1 is 1.24 bits per heavy atom. The fourth-order valence-electron chi connectivity index (χ4n) is 2.81. The van der Waals surface area contributed by atoms with E-state index in [4.69, 9.17) is 9.72 Å². The van der Waals surface area contributed by atoms with Gasteiger partial charge in [0.05, 0.1) is 0 Å². The van der Waals surface area contributed by atoms with Crippen molar-refractivity contribution in [3.8, 4) is 0 Å². The van der Waals surface area contributed by atoms with Gasteiger partial charge in [0, 0.05) is 44.8 Å². The molecular formula is C16H28N4O. The van der Waals surface area contributed by atoms with Gasteiger partial charge in [-0.15, -0.1) is 0 Å². The fraction of sp³-hybridized carbons (Fsp3) is 0.750. The van der Waals surface area contributed by atoms with Crippen LogP contribution in [-0.4, -0.2) is 42.8 Å². The van der Waals surface area contributed by atoms with E-state index in [0.29, 0.717) is 6.04 Å². The number of rotatable bonds is 6. The minimum Gasteiger partial charge on any atom is -0.381 e. The van der Waals surface area contributed by atoms with Gasteiger partial charge in [-0.25, -0.2) is 9.97 Å². The van der Waals surface area contributed by atoms with E-state index in [1.54, 1.807) is 0 Å². The minimum absolute atomic E-state index is 0.510. The van der Waals surface area contributed by atoms with E-state index >= 15 is 0 Å². The Balaban J connectivity index is 2.30. The van der Waals surface area contributed by atoms with E-state index in [2.05, 4.69) is 43.0 Å². The number of ether oxygens (including phenoxy) is 1. The molecule has 0 amide bonds. The topological polar surface area (TPSA) is 50.3 Å². The summed E-state index contributed by atoms with van der Waals surface area (Å²) in [7, 11) is 2.15. The Bertz CT molecular complexity index is 458. The number of hydrogen-bond donors (Lipinski definition) is 1. The third kappa shape index (κ3) is 3.84. The summed E-state index contributed by atoms with van der Waals surface area (Å²) in [4.78, 5) is 11.8. The van der Waals surface area contributed by atoms with Crippen molar-refractivity contribution in [3.05, 3.63) is 11.4 Å². The largest absolute Gasteiger partial charge is 0.381 e. The average molecular weight is 292 g/mol. The number of hydrogen-bond acceptors (Lipinski definition) is 5. The van der Waals surface area contributed by atoms with Crippen molar-refractivity contribution in [2.24, 2.45) is 0 Å². The van der Waals surface area contributed by atoms with E-state index in [1.807, 2.05) is 0 Å². The molecule has 118 valence electrons. The van der Waals surface area contributed by atoms with Gasteiger partial charge < -0.3 is 15.0 Å². The first kappa shape index (κ1) is 16.0. The molecule has 0 bridgehead atoms. The van der Waals surface area contributed by atoms with Crippen molar-refractivity contribution in [1.29, 1.82) is 0 Å². The summed E-state index contributed by atoms with van der Waals surface area (Å²) in [5, 5.41) is 3.37. The number of aromatic nitrogens is 2. The number of nitrogens with zero attached hydrogens (tertiary/aromatic N) is 3. The van der Waals surface area contributed by atoms with Crippen LogP contribution in [0.1, 0.15) is 44.5 Å².